The van der Waals surface area contributed by atoms with Crippen LogP contribution in [0.25, 0.3) is 5.76 Å². The lowest BCUT2D eigenvalue weighted by atomic mass is 9.95. The van der Waals surface area contributed by atoms with Crippen molar-refractivity contribution >= 4 is 23.1 Å². The predicted molar refractivity (Wildman–Crippen MR) is 118 cm³/mol. The van der Waals surface area contributed by atoms with Gasteiger partial charge in [0, 0.05) is 23.6 Å². The molecule has 0 saturated carbocycles. The fourth-order valence-electron chi connectivity index (χ4n) is 3.76. The number of carbonyl (C=O) groups excluding carboxylic acids is 2. The summed E-state index contributed by atoms with van der Waals surface area (Å²) in [5.74, 6) is -1.13. The van der Waals surface area contributed by atoms with Crippen molar-refractivity contribution < 1.29 is 19.4 Å². The Bertz CT molecular complexity index is 1200. The number of Topliss-reactive ketones (excluding diaryl/α,β-unsaturated/α-hetero) is 1. The molecule has 2 heterocycles. The van der Waals surface area contributed by atoms with Crippen LogP contribution in [0, 0.1) is 13.8 Å². The minimum Gasteiger partial charge on any atom is -0.507 e. The average molecular weight is 414 g/mol. The maximum absolute atomic E-state index is 13.1. The van der Waals surface area contributed by atoms with Crippen LogP contribution in [0.3, 0.4) is 0 Å². The molecule has 0 bridgehead atoms. The Hall–Kier alpha value is -3.93. The third-order valence-corrected chi connectivity index (χ3v) is 5.58. The molecule has 156 valence electrons. The van der Waals surface area contributed by atoms with Gasteiger partial charge < -0.3 is 9.84 Å². The van der Waals surface area contributed by atoms with Gasteiger partial charge in [-0.15, -0.1) is 0 Å². The number of aliphatic hydroxyl groups is 1. The third kappa shape index (κ3) is 3.57. The number of methoxy groups -OCH3 is 1. The maximum atomic E-state index is 13.1. The Kier molecular flexibility index (Phi) is 5.29. The van der Waals surface area contributed by atoms with Crippen LogP contribution < -0.4 is 9.64 Å². The highest BCUT2D eigenvalue weighted by molar-refractivity contribution is 6.51. The van der Waals surface area contributed by atoms with Gasteiger partial charge in [0.15, 0.2) is 0 Å². The molecule has 1 amide bonds. The van der Waals surface area contributed by atoms with Crippen molar-refractivity contribution in [2.24, 2.45) is 0 Å². The average Bonchev–Trinajstić information content (AvgIpc) is 3.06. The third-order valence-electron chi connectivity index (χ3n) is 5.58. The SMILES string of the molecule is COc1cccc(/C(O)=C2\C(=O)C(=O)N(c3ccc(C)c(C)c3)C2c2ccncc2)c1. The van der Waals surface area contributed by atoms with Crippen LogP contribution >= 0.6 is 0 Å². The minimum atomic E-state index is -0.781. The van der Waals surface area contributed by atoms with E-state index in [1.807, 2.05) is 32.0 Å². The van der Waals surface area contributed by atoms with E-state index in [2.05, 4.69) is 4.98 Å². The molecule has 0 radical (unpaired) electrons. The van der Waals surface area contributed by atoms with E-state index in [9.17, 15) is 14.7 Å². The maximum Gasteiger partial charge on any atom is 0.300 e. The van der Waals surface area contributed by atoms with E-state index < -0.39 is 17.7 Å². The summed E-state index contributed by atoms with van der Waals surface area (Å²) in [5, 5.41) is 11.1. The Morgan fingerprint density at radius 2 is 1.74 bits per heavy atom. The summed E-state index contributed by atoms with van der Waals surface area (Å²) in [6.07, 6.45) is 3.20. The van der Waals surface area contributed by atoms with E-state index in [-0.39, 0.29) is 11.3 Å². The van der Waals surface area contributed by atoms with Crippen LogP contribution in [0.4, 0.5) is 5.69 Å². The van der Waals surface area contributed by atoms with Crippen LogP contribution in [-0.4, -0.2) is 28.9 Å². The molecule has 2 aromatic carbocycles. The summed E-state index contributed by atoms with van der Waals surface area (Å²) in [5.41, 5.74) is 3.78. The molecule has 1 aromatic heterocycles. The Labute approximate surface area is 180 Å². The fourth-order valence-corrected chi connectivity index (χ4v) is 3.76. The first-order valence-electron chi connectivity index (χ1n) is 9.85. The number of carbonyl (C=O) groups is 2. The normalized spacial score (nSPS) is 17.8. The van der Waals surface area contributed by atoms with E-state index in [0.717, 1.165) is 11.1 Å². The van der Waals surface area contributed by atoms with Crippen LogP contribution in [0.5, 0.6) is 5.75 Å². The first-order valence-corrected chi connectivity index (χ1v) is 9.85. The first kappa shape index (κ1) is 20.3. The van der Waals surface area contributed by atoms with Crippen LogP contribution in [0.2, 0.25) is 0 Å². The number of aryl methyl sites for hydroxylation is 2. The van der Waals surface area contributed by atoms with Gasteiger partial charge in [0.1, 0.15) is 11.5 Å². The zero-order valence-corrected chi connectivity index (χ0v) is 17.5. The number of amides is 1. The molecular weight excluding hydrogens is 392 g/mol. The topological polar surface area (TPSA) is 79.7 Å². The highest BCUT2D eigenvalue weighted by Crippen LogP contribution is 2.42. The van der Waals surface area contributed by atoms with Crippen molar-refractivity contribution in [2.45, 2.75) is 19.9 Å². The van der Waals surface area contributed by atoms with Gasteiger partial charge in [0.2, 0.25) is 0 Å². The number of hydrogen-bond acceptors (Lipinski definition) is 5. The van der Waals surface area contributed by atoms with Crippen molar-refractivity contribution in [3.63, 3.8) is 0 Å². The van der Waals surface area contributed by atoms with E-state index in [0.29, 0.717) is 22.6 Å². The number of hydrogen-bond donors (Lipinski definition) is 1. The molecule has 1 unspecified atom stereocenters. The van der Waals surface area contributed by atoms with E-state index in [1.165, 1.54) is 12.0 Å². The van der Waals surface area contributed by atoms with Crippen molar-refractivity contribution in [3.05, 3.63) is 94.8 Å². The number of anilines is 1. The van der Waals surface area contributed by atoms with Gasteiger partial charge >= 0.3 is 0 Å². The molecule has 0 aliphatic carbocycles. The second-order valence-electron chi connectivity index (χ2n) is 7.45. The molecular formula is C25H22N2O4. The number of ketones is 1. The van der Waals surface area contributed by atoms with Crippen molar-refractivity contribution in [3.8, 4) is 5.75 Å². The number of nitrogens with zero attached hydrogens (tertiary/aromatic N) is 2. The van der Waals surface area contributed by atoms with Gasteiger partial charge in [-0.1, -0.05) is 18.2 Å². The summed E-state index contributed by atoms with van der Waals surface area (Å²) in [7, 11) is 1.52. The lowest BCUT2D eigenvalue weighted by Gasteiger charge is -2.26. The fraction of sp³-hybridized carbons (Fsp3) is 0.160. The smallest absolute Gasteiger partial charge is 0.300 e. The number of benzene rings is 2. The second kappa shape index (κ2) is 8.07. The zero-order chi connectivity index (χ0) is 22.1. The second-order valence-corrected chi connectivity index (χ2v) is 7.45. The Morgan fingerprint density at radius 3 is 2.42 bits per heavy atom. The highest BCUT2D eigenvalue weighted by atomic mass is 16.5. The van der Waals surface area contributed by atoms with Gasteiger partial charge in [-0.05, 0) is 66.9 Å². The summed E-state index contributed by atoms with van der Waals surface area (Å²) in [4.78, 5) is 31.8. The lowest BCUT2D eigenvalue weighted by molar-refractivity contribution is -0.132. The molecule has 1 fully saturated rings. The minimum absolute atomic E-state index is 0.0303. The quantitative estimate of drug-likeness (QED) is 0.390. The van der Waals surface area contributed by atoms with Crippen molar-refractivity contribution in [1.82, 2.24) is 4.98 Å². The Morgan fingerprint density at radius 1 is 1.00 bits per heavy atom. The molecule has 3 aromatic rings. The lowest BCUT2D eigenvalue weighted by Crippen LogP contribution is -2.29. The number of pyridine rings is 1. The standard InChI is InChI=1S/C25H22N2O4/c1-15-7-8-19(13-16(15)2)27-22(17-9-11-26-12-10-17)21(24(29)25(27)30)23(28)18-5-4-6-20(14-18)31-3/h4-14,22,28H,1-3H3/b23-21+. The molecule has 1 aliphatic rings. The number of aliphatic hydroxyl groups excluding tert-OH is 1. The summed E-state index contributed by atoms with van der Waals surface area (Å²) in [6, 6.07) is 15.1. The largest absolute Gasteiger partial charge is 0.507 e. The van der Waals surface area contributed by atoms with Gasteiger partial charge in [-0.2, -0.15) is 0 Å². The summed E-state index contributed by atoms with van der Waals surface area (Å²) < 4.78 is 5.24. The monoisotopic (exact) mass is 414 g/mol. The summed E-state index contributed by atoms with van der Waals surface area (Å²) >= 11 is 0. The van der Waals surface area contributed by atoms with Crippen LogP contribution in [0.15, 0.2) is 72.6 Å². The number of rotatable bonds is 4. The van der Waals surface area contributed by atoms with Gasteiger partial charge in [-0.3, -0.25) is 19.5 Å². The number of aromatic nitrogens is 1. The molecule has 1 saturated heterocycles. The molecule has 6 heteroatoms. The molecule has 31 heavy (non-hydrogen) atoms. The highest BCUT2D eigenvalue weighted by Gasteiger charge is 2.47. The van der Waals surface area contributed by atoms with Crippen molar-refractivity contribution in [2.75, 3.05) is 12.0 Å². The van der Waals surface area contributed by atoms with Gasteiger partial charge in [-0.25, -0.2) is 0 Å². The molecule has 4 rings (SSSR count). The molecule has 1 N–H and O–H groups in total. The molecule has 0 spiro atoms. The molecule has 1 aliphatic heterocycles. The van der Waals surface area contributed by atoms with Gasteiger partial charge in [0.25, 0.3) is 11.7 Å². The summed E-state index contributed by atoms with van der Waals surface area (Å²) in [6.45, 7) is 3.93. The van der Waals surface area contributed by atoms with Gasteiger partial charge in [0.05, 0.1) is 18.7 Å². The van der Waals surface area contributed by atoms with E-state index >= 15 is 0 Å². The van der Waals surface area contributed by atoms with Crippen LogP contribution in [-0.2, 0) is 9.59 Å². The first-order chi connectivity index (χ1) is 14.9. The van der Waals surface area contributed by atoms with Crippen LogP contribution in [0.1, 0.15) is 28.3 Å². The molecule has 6 nitrogen and oxygen atoms in total. The number of ether oxygens (including phenoxy) is 1. The van der Waals surface area contributed by atoms with E-state index in [4.69, 9.17) is 4.74 Å². The Balaban J connectivity index is 1.94. The molecule has 1 atom stereocenters. The zero-order valence-electron chi connectivity index (χ0n) is 17.5. The van der Waals surface area contributed by atoms with Crippen molar-refractivity contribution in [1.29, 1.82) is 0 Å². The predicted octanol–water partition coefficient (Wildman–Crippen LogP) is 4.33. The van der Waals surface area contributed by atoms with E-state index in [1.54, 1.807) is 48.8 Å².